The van der Waals surface area contributed by atoms with E-state index in [4.69, 9.17) is 11.6 Å². The van der Waals surface area contributed by atoms with Gasteiger partial charge in [-0.05, 0) is 44.0 Å². The van der Waals surface area contributed by atoms with E-state index in [1.54, 1.807) is 12.1 Å². The van der Waals surface area contributed by atoms with Gasteiger partial charge < -0.3 is 5.11 Å². The molecule has 4 heteroatoms. The number of aromatic hydroxyl groups is 1. The Bertz CT molecular complexity index is 235. The van der Waals surface area contributed by atoms with Gasteiger partial charge in [-0.1, -0.05) is 11.6 Å². The smallest absolute Gasteiger partial charge is 0.145 e. The van der Waals surface area contributed by atoms with Crippen molar-refractivity contribution in [2.75, 3.05) is 0 Å². The maximum atomic E-state index is 9.21. The minimum atomic E-state index is 0.132. The first kappa shape index (κ1) is 8.37. The lowest BCUT2D eigenvalue weighted by atomic mass is 10.3. The maximum Gasteiger partial charge on any atom is 0.145 e. The van der Waals surface area contributed by atoms with E-state index in [2.05, 4.69) is 31.9 Å². The van der Waals surface area contributed by atoms with Crippen LogP contribution in [0, 0.1) is 0 Å². The zero-order valence-electron chi connectivity index (χ0n) is 4.74. The molecule has 0 fully saturated rings. The van der Waals surface area contributed by atoms with Crippen molar-refractivity contribution in [1.29, 1.82) is 0 Å². The Hall–Kier alpha value is 0.270. The average Bonchev–Trinajstić information content (AvgIpc) is 1.93. The second kappa shape index (κ2) is 3.11. The molecule has 0 atom stereocenters. The Morgan fingerprint density at radius 1 is 1.30 bits per heavy atom. The molecule has 0 saturated heterocycles. The molecule has 54 valence electrons. The van der Waals surface area contributed by atoms with E-state index < -0.39 is 0 Å². The Balaban J connectivity index is 3.34. The van der Waals surface area contributed by atoms with Crippen LogP contribution in [0.2, 0.25) is 5.02 Å². The quantitative estimate of drug-likeness (QED) is 0.723. The lowest BCUT2D eigenvalue weighted by Gasteiger charge is -2.00. The number of hydrogen-bond donors (Lipinski definition) is 1. The highest BCUT2D eigenvalue weighted by Crippen LogP contribution is 2.36. The average molecular weight is 286 g/mol. The van der Waals surface area contributed by atoms with Gasteiger partial charge in [0.25, 0.3) is 0 Å². The first-order valence-electron chi connectivity index (χ1n) is 2.45. The minimum absolute atomic E-state index is 0.132. The summed E-state index contributed by atoms with van der Waals surface area (Å²) in [6, 6.07) is 3.37. The number of rotatable bonds is 0. The Morgan fingerprint density at radius 2 is 1.90 bits per heavy atom. The highest BCUT2D eigenvalue weighted by Gasteiger charge is 2.05. The van der Waals surface area contributed by atoms with E-state index in [1.165, 1.54) is 0 Å². The van der Waals surface area contributed by atoms with Crippen molar-refractivity contribution in [2.24, 2.45) is 0 Å². The highest BCUT2D eigenvalue weighted by molar-refractivity contribution is 9.11. The Labute approximate surface area is 80.3 Å². The van der Waals surface area contributed by atoms with E-state index >= 15 is 0 Å². The fraction of sp³-hybridized carbons (Fsp3) is 0. The lowest BCUT2D eigenvalue weighted by Crippen LogP contribution is -1.72. The van der Waals surface area contributed by atoms with Gasteiger partial charge in [-0.15, -0.1) is 0 Å². The lowest BCUT2D eigenvalue weighted by molar-refractivity contribution is 0.468. The minimum Gasteiger partial charge on any atom is -0.506 e. The maximum absolute atomic E-state index is 9.21. The van der Waals surface area contributed by atoms with Crippen LogP contribution in [0.5, 0.6) is 5.75 Å². The molecule has 0 radical (unpaired) electrons. The molecule has 1 rings (SSSR count). The number of phenolic OH excluding ortho intramolecular Hbond substituents is 1. The molecular weight excluding hydrogens is 283 g/mol. The molecule has 0 aromatic heterocycles. The van der Waals surface area contributed by atoms with Gasteiger partial charge in [0.15, 0.2) is 0 Å². The van der Waals surface area contributed by atoms with Gasteiger partial charge in [0.2, 0.25) is 0 Å². The molecule has 0 aliphatic carbocycles. The first-order chi connectivity index (χ1) is 4.63. The molecule has 10 heavy (non-hydrogen) atoms. The molecular formula is C6H3Br2ClO. The molecule has 0 bridgehead atoms. The number of halogens is 3. The van der Waals surface area contributed by atoms with Crippen LogP contribution in [0.4, 0.5) is 0 Å². The van der Waals surface area contributed by atoms with Gasteiger partial charge in [0.05, 0.1) is 14.0 Å². The fourth-order valence-electron chi connectivity index (χ4n) is 0.516. The highest BCUT2D eigenvalue weighted by atomic mass is 79.9. The number of phenols is 1. The summed E-state index contributed by atoms with van der Waals surface area (Å²) in [4.78, 5) is 0. The van der Waals surface area contributed by atoms with E-state index in [1.807, 2.05) is 0 Å². The van der Waals surface area contributed by atoms with Crippen molar-refractivity contribution in [3.63, 3.8) is 0 Å². The SMILES string of the molecule is Oc1c(Br)ccc(Cl)c1Br. The van der Waals surface area contributed by atoms with Crippen LogP contribution in [0.25, 0.3) is 0 Å². The third-order valence-corrected chi connectivity index (χ3v) is 3.01. The second-order valence-corrected chi connectivity index (χ2v) is 3.75. The van der Waals surface area contributed by atoms with Crippen LogP contribution >= 0.6 is 43.5 Å². The molecule has 0 heterocycles. The van der Waals surface area contributed by atoms with Crippen molar-refractivity contribution < 1.29 is 5.11 Å². The zero-order chi connectivity index (χ0) is 7.72. The summed E-state index contributed by atoms with van der Waals surface area (Å²) in [5.74, 6) is 0.132. The van der Waals surface area contributed by atoms with Crippen LogP contribution in [0.1, 0.15) is 0 Å². The largest absolute Gasteiger partial charge is 0.506 e. The molecule has 1 aromatic rings. The molecule has 0 amide bonds. The Morgan fingerprint density at radius 3 is 2.40 bits per heavy atom. The van der Waals surface area contributed by atoms with Crippen LogP contribution in [-0.2, 0) is 0 Å². The standard InChI is InChI=1S/C6H3Br2ClO/c7-3-1-2-4(9)5(8)6(3)10/h1-2,10H. The van der Waals surface area contributed by atoms with Gasteiger partial charge in [-0.25, -0.2) is 0 Å². The van der Waals surface area contributed by atoms with Crippen molar-refractivity contribution in [2.45, 2.75) is 0 Å². The second-order valence-electron chi connectivity index (χ2n) is 1.69. The molecule has 1 N–H and O–H groups in total. The monoisotopic (exact) mass is 284 g/mol. The van der Waals surface area contributed by atoms with E-state index in [9.17, 15) is 5.11 Å². The van der Waals surface area contributed by atoms with Crippen molar-refractivity contribution in [3.8, 4) is 5.75 Å². The van der Waals surface area contributed by atoms with Crippen molar-refractivity contribution in [3.05, 3.63) is 26.1 Å². The summed E-state index contributed by atoms with van der Waals surface area (Å²) in [5.41, 5.74) is 0. The molecule has 0 saturated carbocycles. The van der Waals surface area contributed by atoms with Crippen LogP contribution < -0.4 is 0 Å². The predicted molar refractivity (Wildman–Crippen MR) is 48.5 cm³/mol. The van der Waals surface area contributed by atoms with Gasteiger partial charge in [-0.3, -0.25) is 0 Å². The molecule has 1 nitrogen and oxygen atoms in total. The van der Waals surface area contributed by atoms with E-state index in [0.717, 1.165) is 0 Å². The summed E-state index contributed by atoms with van der Waals surface area (Å²) < 4.78 is 1.15. The van der Waals surface area contributed by atoms with Gasteiger partial charge in [0.1, 0.15) is 5.75 Å². The summed E-state index contributed by atoms with van der Waals surface area (Å²) in [6.07, 6.45) is 0. The Kier molecular flexibility index (Phi) is 2.61. The van der Waals surface area contributed by atoms with E-state index in [0.29, 0.717) is 14.0 Å². The zero-order valence-corrected chi connectivity index (χ0v) is 8.66. The molecule has 0 aliphatic rings. The predicted octanol–water partition coefficient (Wildman–Crippen LogP) is 3.57. The van der Waals surface area contributed by atoms with Crippen LogP contribution in [-0.4, -0.2) is 5.11 Å². The van der Waals surface area contributed by atoms with Gasteiger partial charge in [-0.2, -0.15) is 0 Å². The summed E-state index contributed by atoms with van der Waals surface area (Å²) in [7, 11) is 0. The summed E-state index contributed by atoms with van der Waals surface area (Å²) in [6.45, 7) is 0. The number of benzene rings is 1. The van der Waals surface area contributed by atoms with Crippen LogP contribution in [0.3, 0.4) is 0 Å². The van der Waals surface area contributed by atoms with Crippen LogP contribution in [0.15, 0.2) is 21.1 Å². The van der Waals surface area contributed by atoms with Crippen molar-refractivity contribution in [1.82, 2.24) is 0 Å². The van der Waals surface area contributed by atoms with Gasteiger partial charge >= 0.3 is 0 Å². The fourth-order valence-corrected chi connectivity index (χ4v) is 1.61. The third-order valence-electron chi connectivity index (χ3n) is 1.02. The van der Waals surface area contributed by atoms with E-state index in [-0.39, 0.29) is 5.75 Å². The van der Waals surface area contributed by atoms with Gasteiger partial charge in [0, 0.05) is 0 Å². The molecule has 0 aliphatic heterocycles. The third kappa shape index (κ3) is 1.47. The summed E-state index contributed by atoms with van der Waals surface area (Å²) in [5, 5.41) is 9.71. The molecule has 1 aromatic carbocycles. The topological polar surface area (TPSA) is 20.2 Å². The molecule has 0 spiro atoms. The summed E-state index contributed by atoms with van der Waals surface area (Å²) >= 11 is 11.9. The molecule has 0 unspecified atom stereocenters. The number of hydrogen-bond acceptors (Lipinski definition) is 1. The normalized spacial score (nSPS) is 9.90. The first-order valence-corrected chi connectivity index (χ1v) is 4.42. The van der Waals surface area contributed by atoms with Crippen molar-refractivity contribution >= 4 is 43.5 Å².